The smallest absolute Gasteiger partial charge is 0.387 e. The lowest BCUT2D eigenvalue weighted by atomic mass is 9.81. The van der Waals surface area contributed by atoms with Crippen molar-refractivity contribution in [2.45, 2.75) is 44.3 Å². The van der Waals surface area contributed by atoms with Gasteiger partial charge in [-0.05, 0) is 80.6 Å². The lowest BCUT2D eigenvalue weighted by Crippen LogP contribution is -2.44. The molecule has 1 aliphatic carbocycles. The molecule has 2 atom stereocenters. The van der Waals surface area contributed by atoms with E-state index in [4.69, 9.17) is 22.1 Å². The van der Waals surface area contributed by atoms with Gasteiger partial charge in [-0.3, -0.25) is 14.6 Å². The van der Waals surface area contributed by atoms with Gasteiger partial charge >= 0.3 is 6.61 Å². The molecule has 1 saturated carbocycles. The first-order valence-corrected chi connectivity index (χ1v) is 14.5. The second kappa shape index (κ2) is 11.2. The summed E-state index contributed by atoms with van der Waals surface area (Å²) < 4.78 is 52.0. The number of hydrogen-bond acceptors (Lipinski definition) is 7. The zero-order valence-electron chi connectivity index (χ0n) is 24.2. The largest absolute Gasteiger partial charge is 0.489 e. The molecule has 3 heterocycles. The van der Waals surface area contributed by atoms with Crippen molar-refractivity contribution in [1.29, 1.82) is 0 Å². The van der Waals surface area contributed by atoms with Crippen LogP contribution in [-0.4, -0.2) is 46.7 Å². The van der Waals surface area contributed by atoms with Gasteiger partial charge in [0.2, 0.25) is 5.91 Å². The van der Waals surface area contributed by atoms with Crippen LogP contribution in [0, 0.1) is 18.7 Å². The number of pyridine rings is 2. The quantitative estimate of drug-likeness (QED) is 0.230. The Morgan fingerprint density at radius 3 is 2.69 bits per heavy atom. The number of benzene rings is 2. The van der Waals surface area contributed by atoms with E-state index < -0.39 is 35.3 Å². The predicted molar refractivity (Wildman–Crippen MR) is 159 cm³/mol. The number of ether oxygens (including phenoxy) is 2. The number of alkyl halides is 2. The molecule has 1 fully saturated rings. The molecule has 1 aliphatic heterocycles. The first kappa shape index (κ1) is 30.6. The number of aromatic nitrogens is 2. The average Bonchev–Trinajstić information content (AvgIpc) is 3.79. The second-order valence-corrected chi connectivity index (χ2v) is 12.1. The average molecular weight is 641 g/mol. The molecule has 4 N–H and O–H groups in total. The zero-order chi connectivity index (χ0) is 32.3. The van der Waals surface area contributed by atoms with Crippen molar-refractivity contribution in [1.82, 2.24) is 15.3 Å². The van der Waals surface area contributed by atoms with Gasteiger partial charge in [0, 0.05) is 33.3 Å². The molecule has 9 nitrogen and oxygen atoms in total. The highest BCUT2D eigenvalue weighted by atomic mass is 35.5. The van der Waals surface area contributed by atoms with Crippen molar-refractivity contribution in [3.8, 4) is 22.8 Å². The summed E-state index contributed by atoms with van der Waals surface area (Å²) in [5.74, 6) is -2.51. The Kier molecular flexibility index (Phi) is 7.60. The molecule has 2 aromatic carbocycles. The third kappa shape index (κ3) is 5.53. The van der Waals surface area contributed by atoms with Crippen LogP contribution in [0.25, 0.3) is 22.2 Å². The van der Waals surface area contributed by atoms with Crippen LogP contribution >= 0.6 is 11.6 Å². The second-order valence-electron chi connectivity index (χ2n) is 11.7. The van der Waals surface area contributed by atoms with Gasteiger partial charge in [0.1, 0.15) is 40.4 Å². The van der Waals surface area contributed by atoms with Crippen LogP contribution in [0.3, 0.4) is 0 Å². The SMILES string of the molecule is Cc1cnc2c(OC(F)F)cc(C(=O)NCC(O)(c3cc4c(c(-c5cc(Cl)ccc5F)n3)OC[C@]4(C)C(N)=O)C3CC3)cc2c1. The zero-order valence-corrected chi connectivity index (χ0v) is 24.9. The van der Waals surface area contributed by atoms with E-state index in [-0.39, 0.29) is 63.6 Å². The highest BCUT2D eigenvalue weighted by Gasteiger charge is 2.50. The third-order valence-corrected chi connectivity index (χ3v) is 8.61. The monoisotopic (exact) mass is 640 g/mol. The third-order valence-electron chi connectivity index (χ3n) is 8.38. The summed E-state index contributed by atoms with van der Waals surface area (Å²) in [6.07, 6.45) is 2.70. The minimum absolute atomic E-state index is 0.00185. The van der Waals surface area contributed by atoms with Gasteiger partial charge in [0.05, 0.1) is 12.2 Å². The summed E-state index contributed by atoms with van der Waals surface area (Å²) in [4.78, 5) is 34.8. The molecule has 2 amide bonds. The van der Waals surface area contributed by atoms with Crippen molar-refractivity contribution in [3.63, 3.8) is 0 Å². The molecule has 2 aromatic heterocycles. The van der Waals surface area contributed by atoms with Crippen LogP contribution in [0.1, 0.15) is 46.9 Å². The van der Waals surface area contributed by atoms with Crippen LogP contribution < -0.4 is 20.5 Å². The number of hydrogen-bond donors (Lipinski definition) is 3. The molecule has 234 valence electrons. The molecule has 0 spiro atoms. The molecular weight excluding hydrogens is 613 g/mol. The minimum atomic E-state index is -3.14. The number of primary amides is 1. The predicted octanol–water partition coefficient (Wildman–Crippen LogP) is 5.16. The Labute approximate surface area is 260 Å². The van der Waals surface area contributed by atoms with Crippen molar-refractivity contribution in [2.75, 3.05) is 13.2 Å². The Morgan fingerprint density at radius 1 is 1.24 bits per heavy atom. The highest BCUT2D eigenvalue weighted by molar-refractivity contribution is 6.30. The van der Waals surface area contributed by atoms with Crippen LogP contribution in [0.2, 0.25) is 5.02 Å². The number of amides is 2. The first-order valence-electron chi connectivity index (χ1n) is 14.1. The fourth-order valence-corrected chi connectivity index (χ4v) is 5.81. The number of nitrogens with one attached hydrogen (secondary N) is 1. The van der Waals surface area contributed by atoms with Gasteiger partial charge in [0.25, 0.3) is 5.91 Å². The number of carbonyl (C=O) groups is 2. The summed E-state index contributed by atoms with van der Waals surface area (Å²) in [6, 6.07) is 9.73. The van der Waals surface area contributed by atoms with E-state index >= 15 is 4.39 Å². The van der Waals surface area contributed by atoms with Crippen LogP contribution in [0.4, 0.5) is 13.2 Å². The van der Waals surface area contributed by atoms with E-state index in [1.165, 1.54) is 36.5 Å². The van der Waals surface area contributed by atoms with E-state index in [9.17, 15) is 23.5 Å². The Bertz CT molecular complexity index is 1870. The molecule has 4 aromatic rings. The maximum absolute atomic E-state index is 15.1. The van der Waals surface area contributed by atoms with Crippen LogP contribution in [-0.2, 0) is 15.8 Å². The normalized spacial score (nSPS) is 18.8. The van der Waals surface area contributed by atoms with Crippen molar-refractivity contribution >= 4 is 34.3 Å². The molecule has 1 unspecified atom stereocenters. The molecule has 2 aliphatic rings. The van der Waals surface area contributed by atoms with E-state index in [0.717, 1.165) is 11.6 Å². The van der Waals surface area contributed by atoms with Gasteiger partial charge in [-0.1, -0.05) is 11.6 Å². The van der Waals surface area contributed by atoms with Crippen LogP contribution in [0.5, 0.6) is 11.5 Å². The maximum Gasteiger partial charge on any atom is 0.387 e. The fourth-order valence-electron chi connectivity index (χ4n) is 5.64. The molecule has 13 heteroatoms. The van der Waals surface area contributed by atoms with E-state index in [1.807, 2.05) is 0 Å². The molecule has 45 heavy (non-hydrogen) atoms. The Morgan fingerprint density at radius 2 is 2.00 bits per heavy atom. The lowest BCUT2D eigenvalue weighted by Gasteiger charge is -2.30. The van der Waals surface area contributed by atoms with E-state index in [1.54, 1.807) is 19.9 Å². The fraction of sp³-hybridized carbons (Fsp3) is 0.312. The molecular formula is C32H28ClF3N4O5. The van der Waals surface area contributed by atoms with Crippen molar-refractivity contribution < 1.29 is 37.3 Å². The van der Waals surface area contributed by atoms with Gasteiger partial charge in [-0.15, -0.1) is 0 Å². The number of nitrogens with zero attached hydrogens (tertiary/aromatic N) is 2. The standard InChI is InChI=1S/C32H28ClF3N4O5/c1-15-7-16-8-17(9-23(45-30(35)36)25(16)38-12-15)28(41)39-13-32(43,18-3-4-18)24-11-21-27(44-14-31(21,2)29(37)42)26(40-24)20-10-19(33)5-6-22(20)34/h5-12,18,30,43H,3-4,13-14H2,1-2H3,(H2,37,42)(H,39,41)/t31-,32?/m0/s1. The number of fused-ring (bicyclic) bond motifs is 2. The number of aryl methyl sites for hydroxylation is 1. The number of aliphatic hydroxyl groups is 1. The first-order chi connectivity index (χ1) is 21.3. The van der Waals surface area contributed by atoms with Gasteiger partial charge in [-0.25, -0.2) is 9.37 Å². The topological polar surface area (TPSA) is 137 Å². The Balaban J connectivity index is 1.41. The van der Waals surface area contributed by atoms with E-state index in [2.05, 4.69) is 20.0 Å². The van der Waals surface area contributed by atoms with Crippen molar-refractivity contribution in [3.05, 3.63) is 81.9 Å². The summed E-state index contributed by atoms with van der Waals surface area (Å²) in [5.41, 5.74) is 3.96. The summed E-state index contributed by atoms with van der Waals surface area (Å²) >= 11 is 6.18. The number of nitrogens with two attached hydrogens (primary N) is 1. The van der Waals surface area contributed by atoms with Gasteiger partial charge in [-0.2, -0.15) is 8.78 Å². The Hall–Kier alpha value is -4.42. The lowest BCUT2D eigenvalue weighted by molar-refractivity contribution is -0.123. The molecule has 0 bridgehead atoms. The molecule has 6 rings (SSSR count). The van der Waals surface area contributed by atoms with Crippen molar-refractivity contribution in [2.24, 2.45) is 11.7 Å². The molecule has 0 radical (unpaired) electrons. The summed E-state index contributed by atoms with van der Waals surface area (Å²) in [5, 5.41) is 15.5. The highest BCUT2D eigenvalue weighted by Crippen LogP contribution is 2.50. The summed E-state index contributed by atoms with van der Waals surface area (Å²) in [7, 11) is 0. The molecule has 0 saturated heterocycles. The number of carbonyl (C=O) groups excluding carboxylic acids is 2. The van der Waals surface area contributed by atoms with Gasteiger partial charge in [0.15, 0.2) is 5.75 Å². The summed E-state index contributed by atoms with van der Waals surface area (Å²) in [6.45, 7) is -0.270. The van der Waals surface area contributed by atoms with Crippen LogP contribution in [0.15, 0.2) is 48.7 Å². The maximum atomic E-state index is 15.1. The van der Waals surface area contributed by atoms with E-state index in [0.29, 0.717) is 23.8 Å². The minimum Gasteiger partial charge on any atom is -0.489 e. The number of halogens is 4. The number of rotatable bonds is 9. The van der Waals surface area contributed by atoms with Gasteiger partial charge < -0.3 is 25.6 Å².